The Morgan fingerprint density at radius 1 is 1.44 bits per heavy atom. The normalized spacial score (nSPS) is 11.2. The van der Waals surface area contributed by atoms with Crippen LogP contribution in [0.15, 0.2) is 22.7 Å². The summed E-state index contributed by atoms with van der Waals surface area (Å²) in [5.74, 6) is -1.39. The van der Waals surface area contributed by atoms with Crippen molar-refractivity contribution in [1.29, 1.82) is 0 Å². The molecule has 0 unspecified atom stereocenters. The predicted molar refractivity (Wildman–Crippen MR) is 52.7 cm³/mol. The standard InChI is InChI=1S/C9H6BrF3O3/c10-6-2-1-5(8(14)15)3-7(6)16-4-9(11,12)13/h1-3H,4H2,(H,14,15). The molecule has 3 nitrogen and oxygen atoms in total. The minimum Gasteiger partial charge on any atom is -0.483 e. The van der Waals surface area contributed by atoms with Crippen LogP contribution in [0.2, 0.25) is 0 Å². The molecule has 1 N–H and O–H groups in total. The van der Waals surface area contributed by atoms with Crippen LogP contribution in [0.3, 0.4) is 0 Å². The first-order chi connectivity index (χ1) is 7.29. The van der Waals surface area contributed by atoms with Crippen molar-refractivity contribution in [1.82, 2.24) is 0 Å². The van der Waals surface area contributed by atoms with Crippen molar-refractivity contribution in [2.75, 3.05) is 6.61 Å². The van der Waals surface area contributed by atoms with Gasteiger partial charge in [0.15, 0.2) is 6.61 Å². The lowest BCUT2D eigenvalue weighted by Crippen LogP contribution is -2.19. The second kappa shape index (κ2) is 4.73. The maximum absolute atomic E-state index is 11.9. The van der Waals surface area contributed by atoms with Crippen LogP contribution in [0.25, 0.3) is 0 Å². The van der Waals surface area contributed by atoms with Crippen LogP contribution in [0, 0.1) is 0 Å². The molecule has 0 saturated carbocycles. The smallest absolute Gasteiger partial charge is 0.422 e. The molecule has 16 heavy (non-hydrogen) atoms. The molecule has 0 fully saturated rings. The van der Waals surface area contributed by atoms with Crippen LogP contribution in [-0.4, -0.2) is 23.9 Å². The summed E-state index contributed by atoms with van der Waals surface area (Å²) in [4.78, 5) is 10.6. The molecule has 7 heteroatoms. The van der Waals surface area contributed by atoms with Gasteiger partial charge in [-0.1, -0.05) is 0 Å². The molecule has 0 bridgehead atoms. The average molecular weight is 299 g/mol. The van der Waals surface area contributed by atoms with E-state index in [0.717, 1.165) is 6.07 Å². The summed E-state index contributed by atoms with van der Waals surface area (Å²) in [7, 11) is 0. The largest absolute Gasteiger partial charge is 0.483 e. The molecule has 1 aromatic carbocycles. The van der Waals surface area contributed by atoms with Crippen LogP contribution < -0.4 is 4.74 Å². The number of rotatable bonds is 3. The molecule has 0 amide bonds. The second-order valence-electron chi connectivity index (χ2n) is 2.85. The maximum Gasteiger partial charge on any atom is 0.422 e. The van der Waals surface area contributed by atoms with Crippen molar-refractivity contribution in [3.8, 4) is 5.75 Å². The first-order valence-corrected chi connectivity index (χ1v) is 4.81. The van der Waals surface area contributed by atoms with Crippen LogP contribution in [0.1, 0.15) is 10.4 Å². The molecule has 1 rings (SSSR count). The van der Waals surface area contributed by atoms with Gasteiger partial charge in [0.05, 0.1) is 10.0 Å². The Hall–Kier alpha value is -1.24. The van der Waals surface area contributed by atoms with Gasteiger partial charge in [-0.2, -0.15) is 13.2 Å². The van der Waals surface area contributed by atoms with Gasteiger partial charge in [-0.15, -0.1) is 0 Å². The Kier molecular flexibility index (Phi) is 3.79. The number of carbonyl (C=O) groups is 1. The summed E-state index contributed by atoms with van der Waals surface area (Å²) in [6.07, 6.45) is -4.46. The van der Waals surface area contributed by atoms with Gasteiger partial charge in [-0.25, -0.2) is 4.79 Å². The molecule has 0 aliphatic heterocycles. The quantitative estimate of drug-likeness (QED) is 0.933. The van der Waals surface area contributed by atoms with E-state index in [1.54, 1.807) is 0 Å². The Morgan fingerprint density at radius 2 is 2.06 bits per heavy atom. The SMILES string of the molecule is O=C(O)c1ccc(Br)c(OCC(F)(F)F)c1. The van der Waals surface area contributed by atoms with E-state index in [1.165, 1.54) is 12.1 Å². The molecule has 0 heterocycles. The van der Waals surface area contributed by atoms with Crippen molar-refractivity contribution >= 4 is 21.9 Å². The van der Waals surface area contributed by atoms with Crippen LogP contribution in [-0.2, 0) is 0 Å². The van der Waals surface area contributed by atoms with Crippen molar-refractivity contribution in [3.05, 3.63) is 28.2 Å². The first kappa shape index (κ1) is 12.8. The Bertz CT molecular complexity index is 403. The summed E-state index contributed by atoms with van der Waals surface area (Å²) >= 11 is 2.96. The number of benzene rings is 1. The summed E-state index contributed by atoms with van der Waals surface area (Å²) < 4.78 is 40.3. The molecule has 1 aromatic rings. The first-order valence-electron chi connectivity index (χ1n) is 4.02. The highest BCUT2D eigenvalue weighted by atomic mass is 79.9. The minimum absolute atomic E-state index is 0.139. The lowest BCUT2D eigenvalue weighted by molar-refractivity contribution is -0.153. The highest BCUT2D eigenvalue weighted by Crippen LogP contribution is 2.28. The van der Waals surface area contributed by atoms with E-state index in [-0.39, 0.29) is 15.8 Å². The van der Waals surface area contributed by atoms with Crippen molar-refractivity contribution < 1.29 is 27.8 Å². The lowest BCUT2D eigenvalue weighted by atomic mass is 10.2. The Balaban J connectivity index is 2.86. The van der Waals surface area contributed by atoms with Crippen molar-refractivity contribution in [3.63, 3.8) is 0 Å². The number of halogens is 4. The van der Waals surface area contributed by atoms with Crippen LogP contribution in [0.4, 0.5) is 13.2 Å². The highest BCUT2D eigenvalue weighted by Gasteiger charge is 2.28. The number of hydrogen-bond donors (Lipinski definition) is 1. The molecule has 0 aromatic heterocycles. The molecule has 0 atom stereocenters. The zero-order chi connectivity index (χ0) is 12.3. The van der Waals surface area contributed by atoms with E-state index in [1.807, 2.05) is 0 Å². The molecule has 88 valence electrons. The highest BCUT2D eigenvalue weighted by molar-refractivity contribution is 9.10. The molecule has 0 radical (unpaired) electrons. The monoisotopic (exact) mass is 298 g/mol. The van der Waals surface area contributed by atoms with Crippen molar-refractivity contribution in [2.24, 2.45) is 0 Å². The summed E-state index contributed by atoms with van der Waals surface area (Å²) in [5, 5.41) is 8.64. The predicted octanol–water partition coefficient (Wildman–Crippen LogP) is 3.09. The zero-order valence-corrected chi connectivity index (χ0v) is 9.30. The van der Waals surface area contributed by atoms with Gasteiger partial charge in [0.1, 0.15) is 5.75 Å². The van der Waals surface area contributed by atoms with E-state index >= 15 is 0 Å². The van der Waals surface area contributed by atoms with Crippen LogP contribution in [0.5, 0.6) is 5.75 Å². The number of ether oxygens (including phenoxy) is 1. The summed E-state index contributed by atoms with van der Waals surface area (Å²) in [6.45, 7) is -1.46. The number of aromatic carboxylic acids is 1. The fourth-order valence-corrected chi connectivity index (χ4v) is 1.27. The van der Waals surface area contributed by atoms with Gasteiger partial charge in [0, 0.05) is 0 Å². The fourth-order valence-electron chi connectivity index (χ4n) is 0.907. The summed E-state index contributed by atoms with van der Waals surface area (Å²) in [6, 6.07) is 3.60. The Labute approximate surface area is 97.0 Å². The molecule has 0 saturated heterocycles. The third kappa shape index (κ3) is 3.73. The summed E-state index contributed by atoms with van der Waals surface area (Å²) in [5.41, 5.74) is -0.139. The third-order valence-corrected chi connectivity index (χ3v) is 2.22. The number of carboxylic acids is 1. The van der Waals surface area contributed by atoms with E-state index < -0.39 is 18.8 Å². The van der Waals surface area contributed by atoms with Crippen molar-refractivity contribution in [2.45, 2.75) is 6.18 Å². The van der Waals surface area contributed by atoms with Gasteiger partial charge in [-0.05, 0) is 34.1 Å². The lowest BCUT2D eigenvalue weighted by Gasteiger charge is -2.10. The molecule has 0 aliphatic carbocycles. The molecule has 0 aliphatic rings. The number of hydrogen-bond acceptors (Lipinski definition) is 2. The molecular formula is C9H6BrF3O3. The average Bonchev–Trinajstić information content (AvgIpc) is 2.14. The Morgan fingerprint density at radius 3 is 2.56 bits per heavy atom. The van der Waals surface area contributed by atoms with Gasteiger partial charge >= 0.3 is 12.1 Å². The second-order valence-corrected chi connectivity index (χ2v) is 3.71. The van der Waals surface area contributed by atoms with Gasteiger partial charge in [0.25, 0.3) is 0 Å². The zero-order valence-electron chi connectivity index (χ0n) is 7.71. The fraction of sp³-hybridized carbons (Fsp3) is 0.222. The van der Waals surface area contributed by atoms with Gasteiger partial charge in [0.2, 0.25) is 0 Å². The van der Waals surface area contributed by atoms with Gasteiger partial charge < -0.3 is 9.84 Å². The maximum atomic E-state index is 11.9. The minimum atomic E-state index is -4.46. The number of alkyl halides is 3. The molecule has 0 spiro atoms. The van der Waals surface area contributed by atoms with E-state index in [2.05, 4.69) is 20.7 Å². The topological polar surface area (TPSA) is 46.5 Å². The van der Waals surface area contributed by atoms with E-state index in [4.69, 9.17) is 5.11 Å². The van der Waals surface area contributed by atoms with Crippen LogP contribution >= 0.6 is 15.9 Å². The molecular weight excluding hydrogens is 293 g/mol. The third-order valence-electron chi connectivity index (χ3n) is 1.57. The number of carboxylic acid groups (broad SMARTS) is 1. The van der Waals surface area contributed by atoms with E-state index in [9.17, 15) is 18.0 Å². The van der Waals surface area contributed by atoms with Gasteiger partial charge in [-0.3, -0.25) is 0 Å². The van der Waals surface area contributed by atoms with E-state index in [0.29, 0.717) is 0 Å².